The highest BCUT2D eigenvalue weighted by Crippen LogP contribution is 2.31. The standard InChI is InChI=1S/C18H19N5O/c1-24-14-6-4-13(5-7-14)16-15(17-19-8-9-20-17)12-21-18(22-16)23-10-2-3-11-23/h4-9,12H,2-3,10-11H2,1H3,(H,19,20). The van der Waals surface area contributed by atoms with Crippen LogP contribution in [-0.2, 0) is 0 Å². The summed E-state index contributed by atoms with van der Waals surface area (Å²) in [6.07, 6.45) is 7.80. The lowest BCUT2D eigenvalue weighted by molar-refractivity contribution is 0.415. The Kier molecular flexibility index (Phi) is 3.86. The maximum absolute atomic E-state index is 5.25. The molecule has 1 aromatic carbocycles. The Morgan fingerprint density at radius 2 is 1.88 bits per heavy atom. The number of anilines is 1. The van der Waals surface area contributed by atoms with Crippen molar-refractivity contribution in [1.29, 1.82) is 0 Å². The molecule has 0 aliphatic carbocycles. The quantitative estimate of drug-likeness (QED) is 0.799. The first kappa shape index (κ1) is 14.7. The maximum atomic E-state index is 5.25. The molecular weight excluding hydrogens is 302 g/mol. The van der Waals surface area contributed by atoms with Gasteiger partial charge in [0, 0.05) is 37.2 Å². The topological polar surface area (TPSA) is 66.9 Å². The van der Waals surface area contributed by atoms with Gasteiger partial charge in [-0.1, -0.05) is 0 Å². The number of aromatic nitrogens is 4. The van der Waals surface area contributed by atoms with Crippen LogP contribution in [0.1, 0.15) is 12.8 Å². The summed E-state index contributed by atoms with van der Waals surface area (Å²) < 4.78 is 5.25. The van der Waals surface area contributed by atoms with E-state index >= 15 is 0 Å². The molecule has 4 rings (SSSR count). The van der Waals surface area contributed by atoms with Crippen molar-refractivity contribution in [3.63, 3.8) is 0 Å². The third kappa shape index (κ3) is 2.71. The molecule has 0 amide bonds. The van der Waals surface area contributed by atoms with Crippen molar-refractivity contribution in [2.45, 2.75) is 12.8 Å². The van der Waals surface area contributed by atoms with Crippen molar-refractivity contribution < 1.29 is 4.74 Å². The molecule has 6 nitrogen and oxygen atoms in total. The second kappa shape index (κ2) is 6.31. The minimum atomic E-state index is 0.772. The number of nitrogens with one attached hydrogen (secondary N) is 1. The second-order valence-electron chi connectivity index (χ2n) is 5.79. The second-order valence-corrected chi connectivity index (χ2v) is 5.79. The van der Waals surface area contributed by atoms with Gasteiger partial charge in [-0.15, -0.1) is 0 Å². The van der Waals surface area contributed by atoms with Crippen molar-refractivity contribution in [3.05, 3.63) is 42.9 Å². The Labute approximate surface area is 140 Å². The number of methoxy groups -OCH3 is 1. The first-order valence-electron chi connectivity index (χ1n) is 8.11. The summed E-state index contributed by atoms with van der Waals surface area (Å²) in [6, 6.07) is 7.92. The molecule has 24 heavy (non-hydrogen) atoms. The number of rotatable bonds is 4. The highest BCUT2D eigenvalue weighted by Gasteiger charge is 2.19. The predicted molar refractivity (Wildman–Crippen MR) is 93.0 cm³/mol. The lowest BCUT2D eigenvalue weighted by Gasteiger charge is -2.17. The van der Waals surface area contributed by atoms with Crippen LogP contribution >= 0.6 is 0 Å². The molecule has 1 saturated heterocycles. The van der Waals surface area contributed by atoms with Crippen LogP contribution in [0, 0.1) is 0 Å². The summed E-state index contributed by atoms with van der Waals surface area (Å²) in [6.45, 7) is 2.03. The number of aromatic amines is 1. The van der Waals surface area contributed by atoms with Crippen LogP contribution in [0.3, 0.4) is 0 Å². The van der Waals surface area contributed by atoms with E-state index in [0.717, 1.165) is 47.4 Å². The van der Waals surface area contributed by atoms with E-state index < -0.39 is 0 Å². The summed E-state index contributed by atoms with van der Waals surface area (Å²) in [5.41, 5.74) is 2.79. The first-order chi connectivity index (χ1) is 11.8. The van der Waals surface area contributed by atoms with Gasteiger partial charge in [-0.3, -0.25) is 0 Å². The Bertz CT molecular complexity index is 808. The lowest BCUT2D eigenvalue weighted by atomic mass is 10.1. The Balaban J connectivity index is 1.81. The van der Waals surface area contributed by atoms with Crippen LogP contribution in [0.5, 0.6) is 5.75 Å². The number of ether oxygens (including phenoxy) is 1. The number of imidazole rings is 1. The fourth-order valence-electron chi connectivity index (χ4n) is 3.00. The zero-order valence-electron chi connectivity index (χ0n) is 13.6. The smallest absolute Gasteiger partial charge is 0.225 e. The van der Waals surface area contributed by atoms with E-state index in [-0.39, 0.29) is 0 Å². The van der Waals surface area contributed by atoms with Gasteiger partial charge < -0.3 is 14.6 Å². The van der Waals surface area contributed by atoms with Crippen LogP contribution < -0.4 is 9.64 Å². The number of benzene rings is 1. The molecule has 1 fully saturated rings. The molecule has 6 heteroatoms. The summed E-state index contributed by atoms with van der Waals surface area (Å²) in [4.78, 5) is 19.2. The van der Waals surface area contributed by atoms with Gasteiger partial charge in [-0.25, -0.2) is 15.0 Å². The fourth-order valence-corrected chi connectivity index (χ4v) is 3.00. The van der Waals surface area contributed by atoms with Crippen LogP contribution in [0.4, 0.5) is 5.95 Å². The van der Waals surface area contributed by atoms with E-state index in [1.165, 1.54) is 12.8 Å². The summed E-state index contributed by atoms with van der Waals surface area (Å²) in [7, 11) is 1.67. The number of nitrogens with zero attached hydrogens (tertiary/aromatic N) is 4. The molecule has 1 aliphatic heterocycles. The van der Waals surface area contributed by atoms with Crippen LogP contribution in [-0.4, -0.2) is 40.1 Å². The number of H-pyrrole nitrogens is 1. The van der Waals surface area contributed by atoms with E-state index in [0.29, 0.717) is 0 Å². The van der Waals surface area contributed by atoms with Crippen molar-refractivity contribution >= 4 is 5.95 Å². The molecule has 122 valence electrons. The average Bonchev–Trinajstić information content (AvgIpc) is 3.35. The fraction of sp³-hybridized carbons (Fsp3) is 0.278. The van der Waals surface area contributed by atoms with Gasteiger partial charge >= 0.3 is 0 Å². The zero-order valence-corrected chi connectivity index (χ0v) is 13.6. The van der Waals surface area contributed by atoms with E-state index in [9.17, 15) is 0 Å². The summed E-state index contributed by atoms with van der Waals surface area (Å²) >= 11 is 0. The highest BCUT2D eigenvalue weighted by atomic mass is 16.5. The molecule has 0 saturated carbocycles. The highest BCUT2D eigenvalue weighted by molar-refractivity contribution is 5.78. The van der Waals surface area contributed by atoms with Crippen molar-refractivity contribution in [2.24, 2.45) is 0 Å². The molecule has 0 bridgehead atoms. The van der Waals surface area contributed by atoms with E-state index in [4.69, 9.17) is 9.72 Å². The maximum Gasteiger partial charge on any atom is 0.225 e. The molecule has 0 atom stereocenters. The molecule has 0 unspecified atom stereocenters. The molecular formula is C18H19N5O. The van der Waals surface area contributed by atoms with Gasteiger partial charge in [-0.2, -0.15) is 0 Å². The van der Waals surface area contributed by atoms with Crippen LogP contribution in [0.25, 0.3) is 22.6 Å². The third-order valence-corrected chi connectivity index (χ3v) is 4.28. The molecule has 3 aromatic rings. The molecule has 2 aromatic heterocycles. The average molecular weight is 321 g/mol. The molecule has 0 radical (unpaired) electrons. The van der Waals surface area contributed by atoms with Gasteiger partial charge in [-0.05, 0) is 37.1 Å². The Morgan fingerprint density at radius 1 is 1.08 bits per heavy atom. The van der Waals surface area contributed by atoms with E-state index in [1.54, 1.807) is 13.3 Å². The molecule has 1 aliphatic rings. The van der Waals surface area contributed by atoms with Crippen LogP contribution in [0.15, 0.2) is 42.9 Å². The number of hydrogen-bond acceptors (Lipinski definition) is 5. The first-order valence-corrected chi connectivity index (χ1v) is 8.11. The van der Waals surface area contributed by atoms with E-state index in [2.05, 4.69) is 19.9 Å². The monoisotopic (exact) mass is 321 g/mol. The minimum Gasteiger partial charge on any atom is -0.497 e. The van der Waals surface area contributed by atoms with E-state index in [1.807, 2.05) is 36.7 Å². The minimum absolute atomic E-state index is 0.772. The Hall–Kier alpha value is -2.89. The summed E-state index contributed by atoms with van der Waals surface area (Å²) in [5, 5.41) is 0. The van der Waals surface area contributed by atoms with Gasteiger partial charge in [0.05, 0.1) is 18.4 Å². The Morgan fingerprint density at radius 3 is 2.54 bits per heavy atom. The van der Waals surface area contributed by atoms with Crippen molar-refractivity contribution in [1.82, 2.24) is 19.9 Å². The third-order valence-electron chi connectivity index (χ3n) is 4.28. The molecule has 1 N–H and O–H groups in total. The van der Waals surface area contributed by atoms with Crippen molar-refractivity contribution in [3.8, 4) is 28.4 Å². The zero-order chi connectivity index (χ0) is 16.4. The van der Waals surface area contributed by atoms with Gasteiger partial charge in [0.25, 0.3) is 0 Å². The molecule has 0 spiro atoms. The van der Waals surface area contributed by atoms with Gasteiger partial charge in [0.15, 0.2) is 0 Å². The number of hydrogen-bond donors (Lipinski definition) is 1. The SMILES string of the molecule is COc1ccc(-c2nc(N3CCCC3)ncc2-c2ncc[nH]2)cc1. The van der Waals surface area contributed by atoms with Crippen LogP contribution in [0.2, 0.25) is 0 Å². The normalized spacial score (nSPS) is 14.1. The molecule has 3 heterocycles. The summed E-state index contributed by atoms with van der Waals surface area (Å²) in [5.74, 6) is 2.38. The van der Waals surface area contributed by atoms with Crippen molar-refractivity contribution in [2.75, 3.05) is 25.1 Å². The largest absolute Gasteiger partial charge is 0.497 e. The van der Waals surface area contributed by atoms with Gasteiger partial charge in [0.2, 0.25) is 5.95 Å². The predicted octanol–water partition coefficient (Wildman–Crippen LogP) is 3.14. The van der Waals surface area contributed by atoms with Gasteiger partial charge in [0.1, 0.15) is 11.6 Å². The lowest BCUT2D eigenvalue weighted by Crippen LogP contribution is -2.20.